The first-order valence-electron chi connectivity index (χ1n) is 9.14. The molecular formula is C19H32O4. The highest BCUT2D eigenvalue weighted by atomic mass is 16.5. The molecule has 1 aliphatic rings. The summed E-state index contributed by atoms with van der Waals surface area (Å²) in [5.74, 6) is -1.40. The molecule has 0 aromatic rings. The van der Waals surface area contributed by atoms with Crippen LogP contribution in [0, 0.1) is 0 Å². The number of aliphatic carboxylic acids is 1. The molecule has 0 atom stereocenters. The van der Waals surface area contributed by atoms with Crippen molar-refractivity contribution in [1.82, 2.24) is 0 Å². The molecule has 132 valence electrons. The molecule has 0 heterocycles. The standard InChI is InChI=1S/C19H32O4/c1-15(2)23-19(22)17(14-18(20)21)16-12-10-8-6-4-3-5-7-9-11-13-16/h15H,3-14H2,1-2H3,(H,20,21). The zero-order valence-electron chi connectivity index (χ0n) is 14.7. The van der Waals surface area contributed by atoms with Gasteiger partial charge in [0.1, 0.15) is 0 Å². The SMILES string of the molecule is CC(C)OC(=O)C(CC(=O)O)=C1CCCCCCCCCCC1. The minimum Gasteiger partial charge on any atom is -0.481 e. The monoisotopic (exact) mass is 324 g/mol. The number of allylic oxidation sites excluding steroid dienone is 1. The summed E-state index contributed by atoms with van der Waals surface area (Å²) in [5.41, 5.74) is 1.40. The lowest BCUT2D eigenvalue weighted by Crippen LogP contribution is -2.18. The topological polar surface area (TPSA) is 63.6 Å². The Bertz CT molecular complexity index is 396. The summed E-state index contributed by atoms with van der Waals surface area (Å²) in [6.45, 7) is 3.59. The highest BCUT2D eigenvalue weighted by Crippen LogP contribution is 2.25. The van der Waals surface area contributed by atoms with Gasteiger partial charge in [-0.25, -0.2) is 4.79 Å². The highest BCUT2D eigenvalue weighted by Gasteiger charge is 2.20. The van der Waals surface area contributed by atoms with E-state index < -0.39 is 11.9 Å². The van der Waals surface area contributed by atoms with Crippen molar-refractivity contribution in [1.29, 1.82) is 0 Å². The Kier molecular flexibility index (Phi) is 9.65. The Balaban J connectivity index is 2.88. The van der Waals surface area contributed by atoms with Gasteiger partial charge in [-0.15, -0.1) is 0 Å². The van der Waals surface area contributed by atoms with E-state index in [1.165, 1.54) is 32.1 Å². The summed E-state index contributed by atoms with van der Waals surface area (Å²) in [7, 11) is 0. The molecule has 4 heteroatoms. The van der Waals surface area contributed by atoms with E-state index in [9.17, 15) is 9.59 Å². The van der Waals surface area contributed by atoms with Crippen molar-refractivity contribution in [2.45, 2.75) is 97.0 Å². The molecule has 0 saturated heterocycles. The maximum Gasteiger partial charge on any atom is 0.334 e. The van der Waals surface area contributed by atoms with Crippen LogP contribution in [0.15, 0.2) is 11.1 Å². The Morgan fingerprint density at radius 2 is 1.35 bits per heavy atom. The molecule has 1 N–H and O–H groups in total. The number of esters is 1. The van der Waals surface area contributed by atoms with Crippen LogP contribution in [0.25, 0.3) is 0 Å². The molecule has 0 bridgehead atoms. The van der Waals surface area contributed by atoms with Gasteiger partial charge >= 0.3 is 11.9 Å². The van der Waals surface area contributed by atoms with Gasteiger partial charge in [-0.05, 0) is 39.5 Å². The van der Waals surface area contributed by atoms with Crippen molar-refractivity contribution in [2.24, 2.45) is 0 Å². The zero-order chi connectivity index (χ0) is 17.1. The summed E-state index contributed by atoms with van der Waals surface area (Å²) in [5, 5.41) is 9.16. The van der Waals surface area contributed by atoms with E-state index in [1.54, 1.807) is 13.8 Å². The molecule has 0 unspecified atom stereocenters. The molecule has 0 aromatic carbocycles. The maximum atomic E-state index is 12.3. The molecule has 0 radical (unpaired) electrons. The Labute approximate surface area is 140 Å². The third-order valence-electron chi connectivity index (χ3n) is 4.30. The van der Waals surface area contributed by atoms with Crippen molar-refractivity contribution in [2.75, 3.05) is 0 Å². The molecule has 1 fully saturated rings. The zero-order valence-corrected chi connectivity index (χ0v) is 14.7. The number of hydrogen-bond donors (Lipinski definition) is 1. The third kappa shape index (κ3) is 8.77. The van der Waals surface area contributed by atoms with E-state index in [4.69, 9.17) is 9.84 Å². The van der Waals surface area contributed by atoms with Crippen LogP contribution in [-0.2, 0) is 14.3 Å². The van der Waals surface area contributed by atoms with E-state index in [0.717, 1.165) is 44.1 Å². The summed E-state index contributed by atoms with van der Waals surface area (Å²) < 4.78 is 5.28. The first-order valence-corrected chi connectivity index (χ1v) is 9.14. The average molecular weight is 324 g/mol. The predicted molar refractivity (Wildman–Crippen MR) is 91.3 cm³/mol. The second kappa shape index (κ2) is 11.3. The normalized spacial score (nSPS) is 18.0. The number of carbonyl (C=O) groups excluding carboxylic acids is 1. The molecular weight excluding hydrogens is 292 g/mol. The van der Waals surface area contributed by atoms with Crippen LogP contribution in [-0.4, -0.2) is 23.1 Å². The quantitative estimate of drug-likeness (QED) is 0.583. The fourth-order valence-corrected chi connectivity index (χ4v) is 3.12. The van der Waals surface area contributed by atoms with Gasteiger partial charge in [-0.3, -0.25) is 4.79 Å². The number of ether oxygens (including phenoxy) is 1. The van der Waals surface area contributed by atoms with E-state index >= 15 is 0 Å². The number of carboxylic acid groups (broad SMARTS) is 1. The van der Waals surface area contributed by atoms with E-state index in [-0.39, 0.29) is 12.5 Å². The first-order chi connectivity index (χ1) is 11.0. The van der Waals surface area contributed by atoms with Gasteiger partial charge in [0.25, 0.3) is 0 Å². The van der Waals surface area contributed by atoms with E-state index in [1.807, 2.05) is 0 Å². The lowest BCUT2D eigenvalue weighted by Gasteiger charge is -2.16. The molecule has 23 heavy (non-hydrogen) atoms. The Hall–Kier alpha value is -1.32. The number of rotatable bonds is 4. The van der Waals surface area contributed by atoms with Gasteiger partial charge in [-0.2, -0.15) is 0 Å². The summed E-state index contributed by atoms with van der Waals surface area (Å²) >= 11 is 0. The third-order valence-corrected chi connectivity index (χ3v) is 4.30. The van der Waals surface area contributed by atoms with Crippen LogP contribution in [0.3, 0.4) is 0 Å². The number of carbonyl (C=O) groups is 2. The van der Waals surface area contributed by atoms with Gasteiger partial charge in [0.15, 0.2) is 0 Å². The van der Waals surface area contributed by atoms with Gasteiger partial charge in [0.2, 0.25) is 0 Å². The highest BCUT2D eigenvalue weighted by molar-refractivity contribution is 5.94. The minimum atomic E-state index is -0.959. The second-order valence-electron chi connectivity index (χ2n) is 6.79. The molecule has 4 nitrogen and oxygen atoms in total. The lowest BCUT2D eigenvalue weighted by molar-refractivity contribution is -0.145. The van der Waals surface area contributed by atoms with Gasteiger partial charge in [0.05, 0.1) is 12.5 Å². The van der Waals surface area contributed by atoms with Gasteiger partial charge in [-0.1, -0.05) is 50.5 Å². The van der Waals surface area contributed by atoms with E-state index in [2.05, 4.69) is 0 Å². The van der Waals surface area contributed by atoms with E-state index in [0.29, 0.717) is 5.57 Å². The molecule has 0 spiro atoms. The fraction of sp³-hybridized carbons (Fsp3) is 0.789. The van der Waals surface area contributed by atoms with Gasteiger partial charge in [0, 0.05) is 5.57 Å². The van der Waals surface area contributed by atoms with Crippen LogP contribution >= 0.6 is 0 Å². The number of carboxylic acids is 1. The van der Waals surface area contributed by atoms with Crippen LogP contribution in [0.2, 0.25) is 0 Å². The van der Waals surface area contributed by atoms with Crippen molar-refractivity contribution < 1.29 is 19.4 Å². The Morgan fingerprint density at radius 3 is 1.74 bits per heavy atom. The maximum absolute atomic E-state index is 12.3. The van der Waals surface area contributed by atoms with Crippen molar-refractivity contribution in [3.63, 3.8) is 0 Å². The van der Waals surface area contributed by atoms with Crippen LogP contribution < -0.4 is 0 Å². The molecule has 0 amide bonds. The van der Waals surface area contributed by atoms with Crippen molar-refractivity contribution >= 4 is 11.9 Å². The Morgan fingerprint density at radius 1 is 0.913 bits per heavy atom. The minimum absolute atomic E-state index is 0.221. The van der Waals surface area contributed by atoms with Gasteiger partial charge < -0.3 is 9.84 Å². The first kappa shape index (κ1) is 19.7. The molecule has 0 aromatic heterocycles. The van der Waals surface area contributed by atoms with Crippen LogP contribution in [0.5, 0.6) is 0 Å². The predicted octanol–water partition coefficient (Wildman–Crippen LogP) is 5.01. The lowest BCUT2D eigenvalue weighted by atomic mass is 9.92. The van der Waals surface area contributed by atoms with Crippen LogP contribution in [0.1, 0.15) is 90.9 Å². The summed E-state index contributed by atoms with van der Waals surface area (Å²) in [6.07, 6.45) is 12.0. The molecule has 1 aliphatic carbocycles. The summed E-state index contributed by atoms with van der Waals surface area (Å²) in [6, 6.07) is 0. The summed E-state index contributed by atoms with van der Waals surface area (Å²) in [4.78, 5) is 23.5. The molecule has 1 saturated carbocycles. The molecule has 1 rings (SSSR count). The average Bonchev–Trinajstić information content (AvgIpc) is 2.45. The smallest absolute Gasteiger partial charge is 0.334 e. The largest absolute Gasteiger partial charge is 0.481 e. The van der Waals surface area contributed by atoms with Crippen molar-refractivity contribution in [3.8, 4) is 0 Å². The van der Waals surface area contributed by atoms with Crippen molar-refractivity contribution in [3.05, 3.63) is 11.1 Å². The second-order valence-corrected chi connectivity index (χ2v) is 6.79. The fourth-order valence-electron chi connectivity index (χ4n) is 3.12. The van der Waals surface area contributed by atoms with Crippen LogP contribution in [0.4, 0.5) is 0 Å². The number of hydrogen-bond acceptors (Lipinski definition) is 3. The molecule has 0 aliphatic heterocycles.